The number of ketones is 2. The quantitative estimate of drug-likeness (QED) is 0.434. The molecule has 0 aliphatic heterocycles. The third-order valence-electron chi connectivity index (χ3n) is 1.04. The van der Waals surface area contributed by atoms with E-state index in [1.165, 1.54) is 6.92 Å². The van der Waals surface area contributed by atoms with Crippen LogP contribution in [0.5, 0.6) is 0 Å². The zero-order valence-corrected chi connectivity index (χ0v) is 6.14. The Morgan fingerprint density at radius 1 is 1.40 bits per heavy atom. The first-order chi connectivity index (χ1) is 4.59. The molecule has 0 atom stereocenters. The van der Waals surface area contributed by atoms with Crippen LogP contribution in [0.25, 0.3) is 0 Å². The summed E-state index contributed by atoms with van der Waals surface area (Å²) in [4.78, 5) is 21.5. The molecule has 0 heterocycles. The lowest BCUT2D eigenvalue weighted by Gasteiger charge is -1.94. The predicted octanol–water partition coefficient (Wildman–Crippen LogP) is 1.31. The molecule has 0 bridgehead atoms. The van der Waals surface area contributed by atoms with Crippen molar-refractivity contribution in [2.45, 2.75) is 19.8 Å². The lowest BCUT2D eigenvalue weighted by atomic mass is 10.1. The van der Waals surface area contributed by atoms with Crippen LogP contribution in [0.1, 0.15) is 19.8 Å². The highest BCUT2D eigenvalue weighted by Crippen LogP contribution is 1.96. The van der Waals surface area contributed by atoms with Crippen LogP contribution in [0.2, 0.25) is 0 Å². The van der Waals surface area contributed by atoms with Gasteiger partial charge >= 0.3 is 0 Å². The van der Waals surface area contributed by atoms with Crippen molar-refractivity contribution in [1.82, 2.24) is 0 Å². The molecule has 2 nitrogen and oxygen atoms in total. The number of carbonyl (C=O) groups is 2. The summed E-state index contributed by atoms with van der Waals surface area (Å²) in [6.45, 7) is 8.36. The maximum absolute atomic E-state index is 10.8. The molecule has 0 aromatic heterocycles. The molecule has 0 aromatic rings. The van der Waals surface area contributed by atoms with E-state index in [1.54, 1.807) is 0 Å². The Kier molecular flexibility index (Phi) is 3.62. The normalized spacial score (nSPS) is 9.00. The summed E-state index contributed by atoms with van der Waals surface area (Å²) in [6.07, 6.45) is 0.698. The number of hydrogen-bond donors (Lipinski definition) is 0. The number of Topliss-reactive ketones (excluding diaryl/α,β-unsaturated/α-hetero) is 2. The summed E-state index contributed by atoms with van der Waals surface area (Å²) in [7, 11) is 0. The van der Waals surface area contributed by atoms with Gasteiger partial charge in [0.2, 0.25) is 11.6 Å². The molecule has 0 N–H and O–H groups in total. The summed E-state index contributed by atoms with van der Waals surface area (Å²) in [5, 5.41) is 0. The summed E-state index contributed by atoms with van der Waals surface area (Å²) in [5.41, 5.74) is 0.304. The summed E-state index contributed by atoms with van der Waals surface area (Å²) < 4.78 is 0. The van der Waals surface area contributed by atoms with Gasteiger partial charge in [0, 0.05) is 6.42 Å². The maximum Gasteiger partial charge on any atom is 0.223 e. The fourth-order valence-electron chi connectivity index (χ4n) is 0.512. The van der Waals surface area contributed by atoms with Crippen LogP contribution in [-0.2, 0) is 9.59 Å². The Labute approximate surface area is 60.9 Å². The van der Waals surface area contributed by atoms with Crippen molar-refractivity contribution in [2.24, 2.45) is 0 Å². The number of carbonyl (C=O) groups excluding carboxylic acids is 2. The van der Waals surface area contributed by atoms with Gasteiger partial charge in [-0.1, -0.05) is 13.5 Å². The van der Waals surface area contributed by atoms with Gasteiger partial charge in [-0.25, -0.2) is 0 Å². The van der Waals surface area contributed by atoms with Crippen molar-refractivity contribution in [3.8, 4) is 0 Å². The van der Waals surface area contributed by atoms with Gasteiger partial charge in [-0.3, -0.25) is 9.59 Å². The van der Waals surface area contributed by atoms with E-state index in [1.807, 2.05) is 0 Å². The van der Waals surface area contributed by atoms with Crippen LogP contribution in [0.15, 0.2) is 12.2 Å². The summed E-state index contributed by atoms with van der Waals surface area (Å²) in [6, 6.07) is 0. The standard InChI is InChI=1S/C8H11O2/c1-4-5-7(9)8(10)6(2)3/h1-2,4-5H2,3H3. The lowest BCUT2D eigenvalue weighted by Crippen LogP contribution is -2.13. The Bertz CT molecular complexity index is 168. The largest absolute Gasteiger partial charge is 0.291 e. The minimum Gasteiger partial charge on any atom is -0.291 e. The van der Waals surface area contributed by atoms with Crippen molar-refractivity contribution in [1.29, 1.82) is 0 Å². The van der Waals surface area contributed by atoms with Gasteiger partial charge in [-0.2, -0.15) is 0 Å². The van der Waals surface area contributed by atoms with E-state index in [-0.39, 0.29) is 12.2 Å². The number of allylic oxidation sites excluding steroid dienone is 1. The van der Waals surface area contributed by atoms with E-state index >= 15 is 0 Å². The Morgan fingerprint density at radius 3 is 2.20 bits per heavy atom. The van der Waals surface area contributed by atoms with E-state index in [0.29, 0.717) is 12.0 Å². The van der Waals surface area contributed by atoms with Gasteiger partial charge < -0.3 is 0 Å². The second kappa shape index (κ2) is 3.99. The minimum absolute atomic E-state index is 0.228. The molecule has 2 heteroatoms. The Balaban J connectivity index is 3.96. The van der Waals surface area contributed by atoms with Crippen molar-refractivity contribution < 1.29 is 9.59 Å². The van der Waals surface area contributed by atoms with Crippen LogP contribution in [0, 0.1) is 6.92 Å². The number of hydrogen-bond acceptors (Lipinski definition) is 2. The van der Waals surface area contributed by atoms with Crippen molar-refractivity contribution in [3.63, 3.8) is 0 Å². The van der Waals surface area contributed by atoms with Gasteiger partial charge in [-0.05, 0) is 18.9 Å². The molecule has 10 heavy (non-hydrogen) atoms. The van der Waals surface area contributed by atoms with E-state index < -0.39 is 5.78 Å². The van der Waals surface area contributed by atoms with E-state index in [0.717, 1.165) is 0 Å². The lowest BCUT2D eigenvalue weighted by molar-refractivity contribution is -0.134. The summed E-state index contributed by atoms with van der Waals surface area (Å²) in [5.74, 6) is -0.855. The monoisotopic (exact) mass is 139 g/mol. The molecule has 0 spiro atoms. The Hall–Kier alpha value is -0.920. The van der Waals surface area contributed by atoms with Crippen molar-refractivity contribution in [2.75, 3.05) is 0 Å². The second-order valence-electron chi connectivity index (χ2n) is 2.14. The molecule has 55 valence electrons. The zero-order valence-electron chi connectivity index (χ0n) is 6.14. The van der Waals surface area contributed by atoms with Gasteiger partial charge in [0.25, 0.3) is 0 Å². The molecule has 0 unspecified atom stereocenters. The van der Waals surface area contributed by atoms with Crippen LogP contribution in [-0.4, -0.2) is 11.6 Å². The third-order valence-corrected chi connectivity index (χ3v) is 1.04. The second-order valence-corrected chi connectivity index (χ2v) is 2.14. The van der Waals surface area contributed by atoms with Crippen LogP contribution < -0.4 is 0 Å². The van der Waals surface area contributed by atoms with Crippen LogP contribution >= 0.6 is 0 Å². The highest BCUT2D eigenvalue weighted by molar-refractivity contribution is 6.43. The molecular formula is C8H11O2. The average molecular weight is 139 g/mol. The zero-order chi connectivity index (χ0) is 8.15. The van der Waals surface area contributed by atoms with E-state index in [9.17, 15) is 9.59 Å². The first kappa shape index (κ1) is 9.08. The van der Waals surface area contributed by atoms with Gasteiger partial charge in [-0.15, -0.1) is 0 Å². The molecule has 0 aliphatic rings. The topological polar surface area (TPSA) is 34.1 Å². The SMILES string of the molecule is [CH2]CCC(=O)C(=O)C(=C)C. The molecule has 1 radical (unpaired) electrons. The molecular weight excluding hydrogens is 128 g/mol. The molecule has 0 rings (SSSR count). The minimum atomic E-state index is -0.469. The highest BCUT2D eigenvalue weighted by atomic mass is 16.2. The van der Waals surface area contributed by atoms with E-state index in [4.69, 9.17) is 0 Å². The molecule has 0 saturated heterocycles. The molecule has 0 aliphatic carbocycles. The fourth-order valence-corrected chi connectivity index (χ4v) is 0.512. The van der Waals surface area contributed by atoms with E-state index in [2.05, 4.69) is 13.5 Å². The summed E-state index contributed by atoms with van der Waals surface area (Å²) >= 11 is 0. The van der Waals surface area contributed by atoms with Crippen molar-refractivity contribution in [3.05, 3.63) is 19.1 Å². The first-order valence-electron chi connectivity index (χ1n) is 3.12. The average Bonchev–Trinajstić information content (AvgIpc) is 1.87. The third kappa shape index (κ3) is 2.58. The highest BCUT2D eigenvalue weighted by Gasteiger charge is 2.11. The predicted molar refractivity (Wildman–Crippen MR) is 39.4 cm³/mol. The first-order valence-corrected chi connectivity index (χ1v) is 3.12. The molecule has 0 saturated carbocycles. The number of rotatable bonds is 4. The molecule has 0 amide bonds. The van der Waals surface area contributed by atoms with Crippen molar-refractivity contribution >= 4 is 11.6 Å². The van der Waals surface area contributed by atoms with Gasteiger partial charge in [0.1, 0.15) is 0 Å². The smallest absolute Gasteiger partial charge is 0.223 e. The molecule has 0 aromatic carbocycles. The van der Waals surface area contributed by atoms with Crippen LogP contribution in [0.4, 0.5) is 0 Å². The van der Waals surface area contributed by atoms with Crippen LogP contribution in [0.3, 0.4) is 0 Å². The fraction of sp³-hybridized carbons (Fsp3) is 0.375. The van der Waals surface area contributed by atoms with Gasteiger partial charge in [0.05, 0.1) is 0 Å². The van der Waals surface area contributed by atoms with Gasteiger partial charge in [0.15, 0.2) is 0 Å². The molecule has 0 fully saturated rings. The maximum atomic E-state index is 10.8. The Morgan fingerprint density at radius 2 is 1.90 bits per heavy atom.